The van der Waals surface area contributed by atoms with Crippen molar-refractivity contribution in [1.29, 1.82) is 0 Å². The zero-order chi connectivity index (χ0) is 11.7. The number of rotatable bonds is 2. The van der Waals surface area contributed by atoms with E-state index >= 15 is 0 Å². The number of H-pyrrole nitrogens is 1. The molecule has 0 fully saturated rings. The summed E-state index contributed by atoms with van der Waals surface area (Å²) in [7, 11) is 0. The first-order chi connectivity index (χ1) is 7.61. The molecule has 2 rings (SSSR count). The molecule has 6 heteroatoms. The lowest BCUT2D eigenvalue weighted by Crippen LogP contribution is -1.98. The molecule has 0 unspecified atom stereocenters. The number of hydrogen-bond donors (Lipinski definition) is 2. The fourth-order valence-electron chi connectivity index (χ4n) is 1.41. The Hall–Kier alpha value is -0.910. The van der Waals surface area contributed by atoms with Gasteiger partial charge in [0.2, 0.25) is 0 Å². The van der Waals surface area contributed by atoms with Crippen molar-refractivity contribution in [3.05, 3.63) is 39.5 Å². The average Bonchev–Trinajstić information content (AvgIpc) is 2.63. The van der Waals surface area contributed by atoms with Crippen LogP contribution in [0.15, 0.2) is 22.9 Å². The molecule has 0 radical (unpaired) electrons. The highest BCUT2D eigenvalue weighted by atomic mass is 79.9. The summed E-state index contributed by atoms with van der Waals surface area (Å²) in [6.45, 7) is 0.322. The molecule has 0 spiro atoms. The third-order valence-electron chi connectivity index (χ3n) is 2.15. The Morgan fingerprint density at radius 2 is 2.25 bits per heavy atom. The Kier molecular flexibility index (Phi) is 3.28. The maximum atomic E-state index is 13.0. The van der Waals surface area contributed by atoms with Gasteiger partial charge in [0.05, 0.1) is 16.4 Å². The van der Waals surface area contributed by atoms with Gasteiger partial charge in [0.1, 0.15) is 5.82 Å². The molecular formula is C10H8BrClFN3. The SMILES string of the molecule is NCc1[nH]c(Br)nc1-c1ccc(F)c(Cl)c1. The predicted octanol–water partition coefficient (Wildman–Crippen LogP) is 3.09. The number of nitrogens with zero attached hydrogens (tertiary/aromatic N) is 1. The lowest BCUT2D eigenvalue weighted by Gasteiger charge is -2.01. The zero-order valence-corrected chi connectivity index (χ0v) is 10.4. The van der Waals surface area contributed by atoms with Crippen LogP contribution >= 0.6 is 27.5 Å². The number of halogens is 3. The standard InChI is InChI=1S/C10H8BrClFN3/c11-10-15-8(4-14)9(16-10)5-1-2-7(13)6(12)3-5/h1-3H,4,14H2,(H,15,16). The van der Waals surface area contributed by atoms with Crippen LogP contribution in [0.4, 0.5) is 4.39 Å². The van der Waals surface area contributed by atoms with Gasteiger partial charge in [-0.25, -0.2) is 9.37 Å². The fourth-order valence-corrected chi connectivity index (χ4v) is 2.00. The number of imidazole rings is 1. The van der Waals surface area contributed by atoms with Gasteiger partial charge >= 0.3 is 0 Å². The Balaban J connectivity index is 2.53. The molecule has 0 atom stereocenters. The van der Waals surface area contributed by atoms with Crippen LogP contribution < -0.4 is 5.73 Å². The number of hydrogen-bond acceptors (Lipinski definition) is 2. The van der Waals surface area contributed by atoms with Crippen LogP contribution in [0.2, 0.25) is 5.02 Å². The first-order valence-electron chi connectivity index (χ1n) is 4.51. The van der Waals surface area contributed by atoms with Gasteiger partial charge in [-0.15, -0.1) is 0 Å². The van der Waals surface area contributed by atoms with E-state index in [1.165, 1.54) is 12.1 Å². The summed E-state index contributed by atoms with van der Waals surface area (Å²) >= 11 is 8.93. The minimum Gasteiger partial charge on any atom is -0.335 e. The van der Waals surface area contributed by atoms with Gasteiger partial charge in [0.25, 0.3) is 0 Å². The predicted molar refractivity (Wildman–Crippen MR) is 64.6 cm³/mol. The van der Waals surface area contributed by atoms with E-state index in [-0.39, 0.29) is 5.02 Å². The second-order valence-corrected chi connectivity index (χ2v) is 4.35. The second-order valence-electron chi connectivity index (χ2n) is 3.19. The van der Waals surface area contributed by atoms with Crippen molar-refractivity contribution in [2.45, 2.75) is 6.54 Å². The summed E-state index contributed by atoms with van der Waals surface area (Å²) in [5.41, 5.74) is 7.75. The summed E-state index contributed by atoms with van der Waals surface area (Å²) in [5, 5.41) is 0.0691. The van der Waals surface area contributed by atoms with E-state index in [9.17, 15) is 4.39 Å². The molecule has 3 nitrogen and oxygen atoms in total. The smallest absolute Gasteiger partial charge is 0.175 e. The molecule has 84 valence electrons. The van der Waals surface area contributed by atoms with Crippen molar-refractivity contribution in [3.8, 4) is 11.3 Å². The van der Waals surface area contributed by atoms with Crippen molar-refractivity contribution in [1.82, 2.24) is 9.97 Å². The molecule has 1 aromatic heterocycles. The summed E-state index contributed by atoms with van der Waals surface area (Å²) in [6, 6.07) is 4.45. The molecule has 1 aromatic carbocycles. The van der Waals surface area contributed by atoms with Crippen molar-refractivity contribution in [2.75, 3.05) is 0 Å². The Bertz CT molecular complexity index is 527. The van der Waals surface area contributed by atoms with Crippen molar-refractivity contribution in [3.63, 3.8) is 0 Å². The molecule has 0 bridgehead atoms. The highest BCUT2D eigenvalue weighted by Crippen LogP contribution is 2.27. The molecule has 0 saturated heterocycles. The first kappa shape index (κ1) is 11.6. The van der Waals surface area contributed by atoms with Crippen LogP contribution in [0.3, 0.4) is 0 Å². The third-order valence-corrected chi connectivity index (χ3v) is 2.81. The molecule has 16 heavy (non-hydrogen) atoms. The maximum Gasteiger partial charge on any atom is 0.175 e. The van der Waals surface area contributed by atoms with Gasteiger partial charge in [0, 0.05) is 12.1 Å². The van der Waals surface area contributed by atoms with E-state index in [0.717, 1.165) is 11.3 Å². The molecule has 0 saturated carbocycles. The Labute approximate surface area is 105 Å². The summed E-state index contributed by atoms with van der Waals surface area (Å²) in [5.74, 6) is -0.450. The number of aromatic amines is 1. The quantitative estimate of drug-likeness (QED) is 0.896. The second kappa shape index (κ2) is 4.53. The van der Waals surface area contributed by atoms with E-state index < -0.39 is 5.82 Å². The molecule has 0 aliphatic carbocycles. The van der Waals surface area contributed by atoms with Crippen LogP contribution in [0.1, 0.15) is 5.69 Å². The normalized spacial score (nSPS) is 10.8. The molecule has 0 aliphatic heterocycles. The molecule has 3 N–H and O–H groups in total. The molecule has 0 amide bonds. The van der Waals surface area contributed by atoms with Gasteiger partial charge in [-0.2, -0.15) is 0 Å². The van der Waals surface area contributed by atoms with Crippen molar-refractivity contribution >= 4 is 27.5 Å². The number of benzene rings is 1. The van der Waals surface area contributed by atoms with Crippen LogP contribution in [0, 0.1) is 5.82 Å². The lowest BCUT2D eigenvalue weighted by molar-refractivity contribution is 0.628. The van der Waals surface area contributed by atoms with E-state index in [0.29, 0.717) is 17.0 Å². The van der Waals surface area contributed by atoms with E-state index in [1.54, 1.807) is 6.07 Å². The van der Waals surface area contributed by atoms with Crippen LogP contribution in [0.25, 0.3) is 11.3 Å². The first-order valence-corrected chi connectivity index (χ1v) is 5.68. The zero-order valence-electron chi connectivity index (χ0n) is 8.10. The molecule has 1 heterocycles. The Morgan fingerprint density at radius 3 is 2.88 bits per heavy atom. The summed E-state index contributed by atoms with van der Waals surface area (Å²) in [6.07, 6.45) is 0. The van der Waals surface area contributed by atoms with Gasteiger partial charge in [-0.1, -0.05) is 11.6 Å². The van der Waals surface area contributed by atoms with Gasteiger partial charge in [-0.3, -0.25) is 0 Å². The minimum atomic E-state index is -0.450. The molecule has 2 aromatic rings. The van der Waals surface area contributed by atoms with E-state index in [4.69, 9.17) is 17.3 Å². The molecular weight excluding hydrogens is 296 g/mol. The molecule has 0 aliphatic rings. The number of nitrogens with one attached hydrogen (secondary N) is 1. The summed E-state index contributed by atoms with van der Waals surface area (Å²) in [4.78, 5) is 7.19. The van der Waals surface area contributed by atoms with Gasteiger partial charge in [-0.05, 0) is 34.1 Å². The van der Waals surface area contributed by atoms with Crippen LogP contribution in [-0.4, -0.2) is 9.97 Å². The van der Waals surface area contributed by atoms with Crippen molar-refractivity contribution < 1.29 is 4.39 Å². The Morgan fingerprint density at radius 1 is 1.50 bits per heavy atom. The highest BCUT2D eigenvalue weighted by Gasteiger charge is 2.11. The monoisotopic (exact) mass is 303 g/mol. The van der Waals surface area contributed by atoms with E-state index in [1.807, 2.05) is 0 Å². The fraction of sp³-hybridized carbons (Fsp3) is 0.100. The van der Waals surface area contributed by atoms with Crippen LogP contribution in [-0.2, 0) is 6.54 Å². The number of nitrogens with two attached hydrogens (primary N) is 1. The maximum absolute atomic E-state index is 13.0. The largest absolute Gasteiger partial charge is 0.335 e. The summed E-state index contributed by atoms with van der Waals surface area (Å²) < 4.78 is 13.6. The van der Waals surface area contributed by atoms with Crippen LogP contribution in [0.5, 0.6) is 0 Å². The highest BCUT2D eigenvalue weighted by molar-refractivity contribution is 9.10. The van der Waals surface area contributed by atoms with Gasteiger partial charge in [0.15, 0.2) is 4.73 Å². The van der Waals surface area contributed by atoms with E-state index in [2.05, 4.69) is 25.9 Å². The lowest BCUT2D eigenvalue weighted by atomic mass is 10.1. The third kappa shape index (κ3) is 2.11. The van der Waals surface area contributed by atoms with Gasteiger partial charge < -0.3 is 10.7 Å². The number of aromatic nitrogens is 2. The van der Waals surface area contributed by atoms with Crippen molar-refractivity contribution in [2.24, 2.45) is 5.73 Å². The minimum absolute atomic E-state index is 0.0691. The average molecular weight is 305 g/mol. The topological polar surface area (TPSA) is 54.7 Å².